The number of nitrogens with one attached hydrogen (secondary N) is 1. The Hall–Kier alpha value is -3.06. The van der Waals surface area contributed by atoms with E-state index in [4.69, 9.17) is 21.1 Å². The molecule has 152 valence electrons. The van der Waals surface area contributed by atoms with Gasteiger partial charge in [-0.05, 0) is 49.2 Å². The normalized spacial score (nSPS) is 13.3. The molecule has 0 unspecified atom stereocenters. The van der Waals surface area contributed by atoms with Gasteiger partial charge in [0, 0.05) is 13.0 Å². The third-order valence-corrected chi connectivity index (χ3v) is 4.83. The molecule has 0 saturated carbocycles. The first-order valence-corrected chi connectivity index (χ1v) is 9.48. The molecule has 0 spiro atoms. The summed E-state index contributed by atoms with van der Waals surface area (Å²) in [7, 11) is 1.50. The van der Waals surface area contributed by atoms with E-state index in [0.29, 0.717) is 35.1 Å². The van der Waals surface area contributed by atoms with E-state index in [1.807, 2.05) is 13.0 Å². The van der Waals surface area contributed by atoms with Crippen molar-refractivity contribution in [1.82, 2.24) is 0 Å². The van der Waals surface area contributed by atoms with E-state index in [-0.39, 0.29) is 11.5 Å². The molecule has 0 radical (unpaired) electrons. The lowest BCUT2D eigenvalue weighted by molar-refractivity contribution is -0.119. The van der Waals surface area contributed by atoms with Gasteiger partial charge in [-0.1, -0.05) is 17.7 Å². The van der Waals surface area contributed by atoms with Crippen molar-refractivity contribution in [3.63, 3.8) is 0 Å². The minimum absolute atomic E-state index is 0.0381. The van der Waals surface area contributed by atoms with Gasteiger partial charge in [0.25, 0.3) is 5.91 Å². The van der Waals surface area contributed by atoms with E-state index in [1.54, 1.807) is 17.0 Å². The quantitative estimate of drug-likeness (QED) is 0.727. The smallest absolute Gasteiger partial charge is 0.338 e. The zero-order valence-electron chi connectivity index (χ0n) is 16.2. The summed E-state index contributed by atoms with van der Waals surface area (Å²) in [5, 5.41) is 3.04. The van der Waals surface area contributed by atoms with Crippen molar-refractivity contribution in [2.75, 3.05) is 30.5 Å². The molecular weight excluding hydrogens is 396 g/mol. The molecule has 0 aromatic heterocycles. The summed E-state index contributed by atoms with van der Waals surface area (Å²) >= 11 is 6.18. The summed E-state index contributed by atoms with van der Waals surface area (Å²) in [6.45, 7) is 1.98. The molecule has 2 aromatic carbocycles. The fourth-order valence-electron chi connectivity index (χ4n) is 3.07. The number of amides is 2. The van der Waals surface area contributed by atoms with Gasteiger partial charge in [-0.3, -0.25) is 9.59 Å². The molecule has 1 aliphatic rings. The minimum atomic E-state index is -0.680. The molecule has 1 N–H and O–H groups in total. The van der Waals surface area contributed by atoms with Crippen LogP contribution in [-0.4, -0.2) is 38.0 Å². The standard InChI is InChI=1S/C21H21ClN2O5/c1-13-5-8-18(28-2)16(10-13)23-19(25)12-29-21(27)14-6-7-15(22)17(11-14)24-9-3-4-20(24)26/h5-8,10-11H,3-4,9,12H2,1-2H3,(H,23,25). The van der Waals surface area contributed by atoms with Gasteiger partial charge in [-0.2, -0.15) is 0 Å². The van der Waals surface area contributed by atoms with Crippen LogP contribution in [0.2, 0.25) is 5.02 Å². The topological polar surface area (TPSA) is 84.9 Å². The lowest BCUT2D eigenvalue weighted by Crippen LogP contribution is -2.25. The molecule has 29 heavy (non-hydrogen) atoms. The van der Waals surface area contributed by atoms with Gasteiger partial charge in [-0.25, -0.2) is 4.79 Å². The average molecular weight is 417 g/mol. The number of rotatable bonds is 6. The summed E-state index contributed by atoms with van der Waals surface area (Å²) in [5.74, 6) is -0.705. The second-order valence-corrected chi connectivity index (χ2v) is 7.05. The number of hydrogen-bond acceptors (Lipinski definition) is 5. The number of aryl methyl sites for hydroxylation is 1. The minimum Gasteiger partial charge on any atom is -0.495 e. The second kappa shape index (κ2) is 8.96. The number of halogens is 1. The third kappa shape index (κ3) is 4.86. The van der Waals surface area contributed by atoms with E-state index < -0.39 is 18.5 Å². The number of methoxy groups -OCH3 is 1. The number of anilines is 2. The SMILES string of the molecule is COc1ccc(C)cc1NC(=O)COC(=O)c1ccc(Cl)c(N2CCCC2=O)c1. The highest BCUT2D eigenvalue weighted by molar-refractivity contribution is 6.34. The molecule has 1 fully saturated rings. The van der Waals surface area contributed by atoms with Gasteiger partial charge in [0.05, 0.1) is 29.1 Å². The van der Waals surface area contributed by atoms with Crippen LogP contribution in [0.25, 0.3) is 0 Å². The fourth-order valence-corrected chi connectivity index (χ4v) is 3.29. The van der Waals surface area contributed by atoms with E-state index in [1.165, 1.54) is 25.3 Å². The lowest BCUT2D eigenvalue weighted by atomic mass is 10.2. The predicted molar refractivity (Wildman–Crippen MR) is 110 cm³/mol. The van der Waals surface area contributed by atoms with Crippen molar-refractivity contribution < 1.29 is 23.9 Å². The zero-order chi connectivity index (χ0) is 21.0. The summed E-state index contributed by atoms with van der Waals surface area (Å²) < 4.78 is 10.3. The monoisotopic (exact) mass is 416 g/mol. The van der Waals surface area contributed by atoms with E-state index in [2.05, 4.69) is 5.32 Å². The van der Waals surface area contributed by atoms with Gasteiger partial charge in [0.1, 0.15) is 5.75 Å². The zero-order valence-corrected chi connectivity index (χ0v) is 16.9. The first-order valence-electron chi connectivity index (χ1n) is 9.10. The van der Waals surface area contributed by atoms with Gasteiger partial charge >= 0.3 is 5.97 Å². The van der Waals surface area contributed by atoms with Gasteiger partial charge in [0.15, 0.2) is 6.61 Å². The van der Waals surface area contributed by atoms with Gasteiger partial charge in [0.2, 0.25) is 5.91 Å². The van der Waals surface area contributed by atoms with Crippen LogP contribution in [0.5, 0.6) is 5.75 Å². The van der Waals surface area contributed by atoms with Gasteiger partial charge < -0.3 is 19.7 Å². The Labute approximate surface area is 173 Å². The van der Waals surface area contributed by atoms with Crippen LogP contribution in [0.1, 0.15) is 28.8 Å². The molecule has 0 atom stereocenters. The third-order valence-electron chi connectivity index (χ3n) is 4.51. The number of ether oxygens (including phenoxy) is 2. The Morgan fingerprint density at radius 3 is 2.69 bits per heavy atom. The van der Waals surface area contributed by atoms with Crippen molar-refractivity contribution in [1.29, 1.82) is 0 Å². The van der Waals surface area contributed by atoms with Crippen molar-refractivity contribution in [2.24, 2.45) is 0 Å². The summed E-state index contributed by atoms with van der Waals surface area (Å²) in [4.78, 5) is 38.1. The van der Waals surface area contributed by atoms with Crippen LogP contribution < -0.4 is 15.0 Å². The van der Waals surface area contributed by atoms with Crippen LogP contribution in [-0.2, 0) is 14.3 Å². The van der Waals surface area contributed by atoms with Crippen LogP contribution in [0.4, 0.5) is 11.4 Å². The highest BCUT2D eigenvalue weighted by atomic mass is 35.5. The second-order valence-electron chi connectivity index (χ2n) is 6.64. The number of carbonyl (C=O) groups is 3. The molecule has 1 heterocycles. The summed E-state index contributed by atoms with van der Waals surface area (Å²) in [6, 6.07) is 9.91. The molecule has 0 bridgehead atoms. The fraction of sp³-hybridized carbons (Fsp3) is 0.286. The largest absolute Gasteiger partial charge is 0.495 e. The van der Waals surface area contributed by atoms with E-state index in [9.17, 15) is 14.4 Å². The maximum absolute atomic E-state index is 12.4. The van der Waals surface area contributed by atoms with Crippen molar-refractivity contribution in [3.05, 3.63) is 52.5 Å². The molecule has 2 aromatic rings. The van der Waals surface area contributed by atoms with E-state index >= 15 is 0 Å². The first-order chi connectivity index (χ1) is 13.9. The number of carbonyl (C=O) groups excluding carboxylic acids is 3. The summed E-state index contributed by atoms with van der Waals surface area (Å²) in [5.41, 5.74) is 2.13. The molecule has 3 rings (SSSR count). The van der Waals surface area contributed by atoms with Crippen molar-refractivity contribution >= 4 is 40.8 Å². The van der Waals surface area contributed by atoms with Crippen LogP contribution >= 0.6 is 11.6 Å². The maximum Gasteiger partial charge on any atom is 0.338 e. The van der Waals surface area contributed by atoms with Gasteiger partial charge in [-0.15, -0.1) is 0 Å². The van der Waals surface area contributed by atoms with Crippen molar-refractivity contribution in [2.45, 2.75) is 19.8 Å². The van der Waals surface area contributed by atoms with Crippen LogP contribution in [0, 0.1) is 6.92 Å². The Morgan fingerprint density at radius 2 is 2.00 bits per heavy atom. The summed E-state index contributed by atoms with van der Waals surface area (Å²) in [6.07, 6.45) is 1.19. The number of nitrogens with zero attached hydrogens (tertiary/aromatic N) is 1. The number of benzene rings is 2. The van der Waals surface area contributed by atoms with Crippen molar-refractivity contribution in [3.8, 4) is 5.75 Å². The molecule has 0 aliphatic carbocycles. The maximum atomic E-state index is 12.4. The van der Waals surface area contributed by atoms with Crippen LogP contribution in [0.15, 0.2) is 36.4 Å². The van der Waals surface area contributed by atoms with E-state index in [0.717, 1.165) is 12.0 Å². The predicted octanol–water partition coefficient (Wildman–Crippen LogP) is 3.58. The Kier molecular flexibility index (Phi) is 6.39. The molecule has 1 saturated heterocycles. The molecule has 1 aliphatic heterocycles. The number of esters is 1. The number of hydrogen-bond donors (Lipinski definition) is 1. The first kappa shape index (κ1) is 20.7. The molecule has 7 nitrogen and oxygen atoms in total. The Morgan fingerprint density at radius 1 is 1.21 bits per heavy atom. The molecule has 8 heteroatoms. The average Bonchev–Trinajstić information content (AvgIpc) is 3.12. The highest BCUT2D eigenvalue weighted by Crippen LogP contribution is 2.30. The van der Waals surface area contributed by atoms with Crippen LogP contribution in [0.3, 0.4) is 0 Å². The lowest BCUT2D eigenvalue weighted by Gasteiger charge is -2.18. The Bertz CT molecular complexity index is 960. The molecule has 2 amide bonds. The molecular formula is C21H21ClN2O5. The Balaban J connectivity index is 1.64. The highest BCUT2D eigenvalue weighted by Gasteiger charge is 2.25.